The first-order valence-corrected chi connectivity index (χ1v) is 7.59. The molecule has 0 aliphatic rings. The van der Waals surface area contributed by atoms with Crippen LogP contribution in [0.4, 0.5) is 4.79 Å². The molecule has 0 radical (unpaired) electrons. The number of hydrogen-bond acceptors (Lipinski definition) is 6. The Morgan fingerprint density at radius 3 is 2.45 bits per heavy atom. The van der Waals surface area contributed by atoms with E-state index in [2.05, 4.69) is 10.0 Å². The predicted molar refractivity (Wildman–Crippen MR) is 81.1 cm³/mol. The second-order valence-electron chi connectivity index (χ2n) is 5.68. The molecule has 0 fully saturated rings. The van der Waals surface area contributed by atoms with Gasteiger partial charge in [0, 0.05) is 0 Å². The standard InChI is InChI=1S/C13H26ClN3O5/c1-11(14)22-12(18)20-9-7-6-8-10-21-15-17(19)16(5)13(2,3)4/h11H,6-10H2,1-5H3/b17-15-. The summed E-state index contributed by atoms with van der Waals surface area (Å²) < 4.78 is 9.38. The summed E-state index contributed by atoms with van der Waals surface area (Å²) in [6.07, 6.45) is 1.35. The van der Waals surface area contributed by atoms with Crippen molar-refractivity contribution in [1.82, 2.24) is 5.01 Å². The van der Waals surface area contributed by atoms with E-state index in [0.29, 0.717) is 24.4 Å². The van der Waals surface area contributed by atoms with Gasteiger partial charge in [0.05, 0.1) is 24.2 Å². The van der Waals surface area contributed by atoms with Gasteiger partial charge in [0.2, 0.25) is 5.28 Å². The average molecular weight is 340 g/mol. The van der Waals surface area contributed by atoms with Crippen LogP contribution in [0.1, 0.15) is 47.0 Å². The van der Waals surface area contributed by atoms with Gasteiger partial charge in [-0.2, -0.15) is 0 Å². The van der Waals surface area contributed by atoms with Crippen molar-refractivity contribution >= 4 is 17.8 Å². The van der Waals surface area contributed by atoms with Gasteiger partial charge in [-0.25, -0.2) is 4.79 Å². The van der Waals surface area contributed by atoms with E-state index in [1.54, 1.807) is 7.05 Å². The molecule has 0 aromatic rings. The Kier molecular flexibility index (Phi) is 9.64. The predicted octanol–water partition coefficient (Wildman–Crippen LogP) is 3.43. The highest BCUT2D eigenvalue weighted by atomic mass is 35.5. The summed E-state index contributed by atoms with van der Waals surface area (Å²) in [4.78, 5) is 16.4. The Labute approximate surface area is 136 Å². The van der Waals surface area contributed by atoms with Crippen LogP contribution >= 0.6 is 11.6 Å². The molecule has 9 heteroatoms. The number of carbonyl (C=O) groups excluding carboxylic acids is 1. The lowest BCUT2D eigenvalue weighted by atomic mass is 10.1. The van der Waals surface area contributed by atoms with Crippen LogP contribution in [0.25, 0.3) is 0 Å². The lowest BCUT2D eigenvalue weighted by molar-refractivity contribution is -0.719. The number of ether oxygens (including phenoxy) is 2. The summed E-state index contributed by atoms with van der Waals surface area (Å²) in [5, 5.41) is 16.4. The molecule has 0 bridgehead atoms. The third kappa shape index (κ3) is 10.3. The minimum absolute atomic E-state index is 0.250. The zero-order valence-electron chi connectivity index (χ0n) is 13.9. The second kappa shape index (κ2) is 10.3. The van der Waals surface area contributed by atoms with E-state index in [9.17, 15) is 10.0 Å². The van der Waals surface area contributed by atoms with Gasteiger partial charge in [-0.05, 0) is 47.0 Å². The number of carbonyl (C=O) groups is 1. The molecule has 130 valence electrons. The topological polar surface area (TPSA) is 86.4 Å². The molecule has 0 aliphatic carbocycles. The van der Waals surface area contributed by atoms with E-state index in [4.69, 9.17) is 21.2 Å². The second-order valence-corrected chi connectivity index (χ2v) is 6.30. The van der Waals surface area contributed by atoms with Crippen LogP contribution in [-0.4, -0.2) is 47.5 Å². The van der Waals surface area contributed by atoms with E-state index in [1.807, 2.05) is 20.8 Å². The highest BCUT2D eigenvalue weighted by Gasteiger charge is 2.24. The monoisotopic (exact) mass is 339 g/mol. The minimum Gasteiger partial charge on any atom is -0.569 e. The normalized spacial score (nSPS) is 13.5. The van der Waals surface area contributed by atoms with E-state index < -0.39 is 11.7 Å². The molecular weight excluding hydrogens is 314 g/mol. The molecule has 0 N–H and O–H groups in total. The number of hydrazine groups is 1. The smallest absolute Gasteiger partial charge is 0.509 e. The van der Waals surface area contributed by atoms with E-state index >= 15 is 0 Å². The molecule has 0 saturated heterocycles. The maximum atomic E-state index is 11.6. The fourth-order valence-electron chi connectivity index (χ4n) is 1.17. The molecule has 0 saturated carbocycles. The molecule has 0 spiro atoms. The van der Waals surface area contributed by atoms with Crippen molar-refractivity contribution in [2.24, 2.45) is 5.28 Å². The van der Waals surface area contributed by atoms with E-state index in [0.717, 1.165) is 6.42 Å². The first kappa shape index (κ1) is 20.6. The van der Waals surface area contributed by atoms with Crippen LogP contribution in [0, 0.1) is 5.21 Å². The lowest BCUT2D eigenvalue weighted by Crippen LogP contribution is -2.42. The van der Waals surface area contributed by atoms with Crippen LogP contribution in [0.3, 0.4) is 0 Å². The molecule has 8 nitrogen and oxygen atoms in total. The maximum absolute atomic E-state index is 11.6. The Bertz CT molecular complexity index is 358. The van der Waals surface area contributed by atoms with Crippen LogP contribution in [0.15, 0.2) is 5.28 Å². The van der Waals surface area contributed by atoms with Gasteiger partial charge in [-0.15, -0.1) is 5.01 Å². The van der Waals surface area contributed by atoms with Gasteiger partial charge >= 0.3 is 6.16 Å². The third-order valence-electron chi connectivity index (χ3n) is 2.71. The summed E-state index contributed by atoms with van der Waals surface area (Å²) in [6, 6.07) is 0. The van der Waals surface area contributed by atoms with Crippen molar-refractivity contribution in [3.63, 3.8) is 0 Å². The first-order chi connectivity index (χ1) is 10.1. The van der Waals surface area contributed by atoms with Crippen molar-refractivity contribution in [3.8, 4) is 0 Å². The van der Waals surface area contributed by atoms with Gasteiger partial charge in [0.1, 0.15) is 6.61 Å². The van der Waals surface area contributed by atoms with Crippen molar-refractivity contribution in [2.75, 3.05) is 20.3 Å². The van der Waals surface area contributed by atoms with Gasteiger partial charge in [-0.1, -0.05) is 11.6 Å². The van der Waals surface area contributed by atoms with Crippen molar-refractivity contribution in [1.29, 1.82) is 0 Å². The summed E-state index contributed by atoms with van der Waals surface area (Å²) >= 11 is 5.46. The van der Waals surface area contributed by atoms with Crippen LogP contribution in [0.5, 0.6) is 0 Å². The summed E-state index contributed by atoms with van der Waals surface area (Å²) in [5.74, 6) is 0. The summed E-state index contributed by atoms with van der Waals surface area (Å²) in [5.41, 5.74) is -1.04. The van der Waals surface area contributed by atoms with Crippen LogP contribution in [0.2, 0.25) is 0 Å². The fourth-order valence-corrected chi connectivity index (χ4v) is 1.24. The lowest BCUT2D eigenvalue weighted by Gasteiger charge is -2.26. The Hall–Kier alpha value is -1.44. The molecule has 0 aromatic heterocycles. The minimum atomic E-state index is -0.777. The van der Waals surface area contributed by atoms with Crippen molar-refractivity contribution < 1.29 is 24.1 Å². The Morgan fingerprint density at radius 2 is 1.91 bits per heavy atom. The number of nitrogens with zero attached hydrogens (tertiary/aromatic N) is 3. The number of unbranched alkanes of at least 4 members (excludes halogenated alkanes) is 2. The molecule has 1 unspecified atom stereocenters. The summed E-state index contributed by atoms with van der Waals surface area (Å²) in [6.45, 7) is 7.77. The highest BCUT2D eigenvalue weighted by molar-refractivity contribution is 6.19. The molecule has 0 aliphatic heterocycles. The third-order valence-corrected chi connectivity index (χ3v) is 2.80. The molecule has 0 heterocycles. The zero-order valence-corrected chi connectivity index (χ0v) is 14.6. The molecule has 0 amide bonds. The Balaban J connectivity index is 3.64. The number of halogens is 1. The average Bonchev–Trinajstić information content (AvgIpc) is 2.38. The molecule has 0 aromatic carbocycles. The van der Waals surface area contributed by atoms with Crippen molar-refractivity contribution in [2.45, 2.75) is 58.1 Å². The maximum Gasteiger partial charge on any atom is 0.509 e. The van der Waals surface area contributed by atoms with E-state index in [1.165, 1.54) is 11.9 Å². The molecule has 1 atom stereocenters. The van der Waals surface area contributed by atoms with Gasteiger partial charge < -0.3 is 19.5 Å². The SMILES string of the molecule is CC(Cl)OC(=O)OCCCCCO/N=[N+](\[O-])N(C)C(C)(C)C. The van der Waals surface area contributed by atoms with Crippen LogP contribution < -0.4 is 0 Å². The number of hydrogen-bond donors (Lipinski definition) is 0. The molecule has 0 rings (SSSR count). The van der Waals surface area contributed by atoms with Crippen LogP contribution in [-0.2, 0) is 14.3 Å². The highest BCUT2D eigenvalue weighted by Crippen LogP contribution is 2.10. The Morgan fingerprint density at radius 1 is 1.32 bits per heavy atom. The van der Waals surface area contributed by atoms with Gasteiger partial charge in [0.25, 0.3) is 0 Å². The largest absolute Gasteiger partial charge is 0.569 e. The number of alkyl halides is 1. The van der Waals surface area contributed by atoms with Gasteiger partial charge in [0.15, 0.2) is 5.56 Å². The first-order valence-electron chi connectivity index (χ1n) is 7.16. The fraction of sp³-hybridized carbons (Fsp3) is 0.923. The summed E-state index contributed by atoms with van der Waals surface area (Å²) in [7, 11) is 1.64. The van der Waals surface area contributed by atoms with E-state index in [-0.39, 0.29) is 12.1 Å². The molecule has 22 heavy (non-hydrogen) atoms. The molecular formula is C13H26ClN3O5. The quantitative estimate of drug-likeness (QED) is 0.160. The number of rotatable bonds is 9. The van der Waals surface area contributed by atoms with Crippen molar-refractivity contribution in [3.05, 3.63) is 5.21 Å². The zero-order chi connectivity index (χ0) is 17.2. The van der Waals surface area contributed by atoms with Gasteiger partial charge in [-0.3, -0.25) is 0 Å².